The highest BCUT2D eigenvalue weighted by Gasteiger charge is 2.28. The summed E-state index contributed by atoms with van der Waals surface area (Å²) in [6, 6.07) is 11.4. The zero-order chi connectivity index (χ0) is 19.1. The molecule has 142 valence electrons. The molecule has 2 unspecified atom stereocenters. The fourth-order valence-electron chi connectivity index (χ4n) is 4.32. The topological polar surface area (TPSA) is 55.6 Å². The summed E-state index contributed by atoms with van der Waals surface area (Å²) in [7, 11) is 1.86. The van der Waals surface area contributed by atoms with Crippen molar-refractivity contribution >= 4 is 40.0 Å². The van der Waals surface area contributed by atoms with Crippen molar-refractivity contribution < 1.29 is 0 Å². The summed E-state index contributed by atoms with van der Waals surface area (Å²) in [5.41, 5.74) is 4.77. The van der Waals surface area contributed by atoms with E-state index >= 15 is 0 Å². The highest BCUT2D eigenvalue weighted by Crippen LogP contribution is 2.43. The maximum absolute atomic E-state index is 6.15. The molecule has 0 amide bonds. The summed E-state index contributed by atoms with van der Waals surface area (Å²) in [6.45, 7) is 0. The van der Waals surface area contributed by atoms with Crippen molar-refractivity contribution in [3.8, 4) is 11.1 Å². The maximum atomic E-state index is 6.15. The normalized spacial score (nSPS) is 19.4. The number of aromatic nitrogens is 4. The van der Waals surface area contributed by atoms with Crippen molar-refractivity contribution in [2.24, 2.45) is 0 Å². The Kier molecular flexibility index (Phi) is 4.53. The summed E-state index contributed by atoms with van der Waals surface area (Å²) in [5, 5.41) is 6.52. The second-order valence-corrected chi connectivity index (χ2v) is 8.25. The van der Waals surface area contributed by atoms with Gasteiger partial charge in [-0.1, -0.05) is 24.3 Å². The second-order valence-electron chi connectivity index (χ2n) is 7.25. The summed E-state index contributed by atoms with van der Waals surface area (Å²) in [4.78, 5) is 8.79. The molecule has 4 aromatic rings. The average molecular weight is 410 g/mol. The SMILES string of the molecule is CNc1nc(Cl)nc2c1ccn2C1CCC(c2cccc(-c3cnsc3)c2)C1. The molecular weight excluding hydrogens is 390 g/mol. The van der Waals surface area contributed by atoms with Crippen LogP contribution in [0.5, 0.6) is 0 Å². The van der Waals surface area contributed by atoms with Gasteiger partial charge in [0, 0.05) is 36.4 Å². The van der Waals surface area contributed by atoms with Crippen LogP contribution in [-0.4, -0.2) is 26.0 Å². The third-order valence-corrected chi connectivity index (χ3v) is 6.46. The molecule has 2 atom stereocenters. The van der Waals surface area contributed by atoms with Gasteiger partial charge >= 0.3 is 0 Å². The van der Waals surface area contributed by atoms with Crippen LogP contribution in [0, 0.1) is 0 Å². The van der Waals surface area contributed by atoms with Crippen LogP contribution in [-0.2, 0) is 0 Å². The quantitative estimate of drug-likeness (QED) is 0.435. The van der Waals surface area contributed by atoms with E-state index in [1.54, 1.807) is 0 Å². The minimum absolute atomic E-state index is 0.281. The lowest BCUT2D eigenvalue weighted by atomic mass is 9.94. The number of nitrogens with one attached hydrogen (secondary N) is 1. The Morgan fingerprint density at radius 2 is 2.11 bits per heavy atom. The molecule has 0 spiro atoms. The number of halogens is 1. The number of anilines is 1. The Balaban J connectivity index is 1.43. The highest BCUT2D eigenvalue weighted by molar-refractivity contribution is 7.03. The molecule has 5 rings (SSSR count). The molecule has 0 bridgehead atoms. The molecule has 1 aromatic carbocycles. The first kappa shape index (κ1) is 17.6. The van der Waals surface area contributed by atoms with Crippen LogP contribution in [0.1, 0.15) is 36.8 Å². The van der Waals surface area contributed by atoms with E-state index in [2.05, 4.69) is 66.1 Å². The van der Waals surface area contributed by atoms with Gasteiger partial charge in [0.25, 0.3) is 0 Å². The Hall–Kier alpha value is -2.44. The van der Waals surface area contributed by atoms with Crippen molar-refractivity contribution in [3.63, 3.8) is 0 Å². The fraction of sp³-hybridized carbons (Fsp3) is 0.286. The van der Waals surface area contributed by atoms with Crippen LogP contribution in [0.2, 0.25) is 5.28 Å². The summed E-state index contributed by atoms with van der Waals surface area (Å²) < 4.78 is 6.51. The van der Waals surface area contributed by atoms with Gasteiger partial charge in [-0.15, -0.1) is 0 Å². The standard InChI is InChI=1S/C21H20ClN5S/c1-23-19-18-7-8-27(20(18)26-21(22)25-19)17-6-5-15(10-17)13-3-2-4-14(9-13)16-11-24-28-12-16/h2-4,7-9,11-12,15,17H,5-6,10H2,1H3,(H,23,25,26). The lowest BCUT2D eigenvalue weighted by molar-refractivity contribution is 0.523. The van der Waals surface area contributed by atoms with Crippen molar-refractivity contribution in [2.45, 2.75) is 31.2 Å². The van der Waals surface area contributed by atoms with Gasteiger partial charge in [-0.3, -0.25) is 0 Å². The van der Waals surface area contributed by atoms with Crippen molar-refractivity contribution in [1.29, 1.82) is 0 Å². The lowest BCUT2D eigenvalue weighted by Gasteiger charge is -2.15. The van der Waals surface area contributed by atoms with Gasteiger partial charge in [-0.05, 0) is 65.5 Å². The van der Waals surface area contributed by atoms with Crippen LogP contribution >= 0.6 is 23.1 Å². The van der Waals surface area contributed by atoms with Gasteiger partial charge < -0.3 is 9.88 Å². The van der Waals surface area contributed by atoms with Crippen LogP contribution in [0.25, 0.3) is 22.2 Å². The predicted octanol–water partition coefficient (Wildman–Crippen LogP) is 5.76. The summed E-state index contributed by atoms with van der Waals surface area (Å²) in [5.74, 6) is 1.33. The zero-order valence-corrected chi connectivity index (χ0v) is 17.0. The molecule has 0 aliphatic heterocycles. The lowest BCUT2D eigenvalue weighted by Crippen LogP contribution is -2.06. The number of hydrogen-bond acceptors (Lipinski definition) is 5. The average Bonchev–Trinajstić information content (AvgIpc) is 3.46. The van der Waals surface area contributed by atoms with E-state index in [0.717, 1.165) is 29.7 Å². The van der Waals surface area contributed by atoms with Crippen molar-refractivity contribution in [2.75, 3.05) is 12.4 Å². The van der Waals surface area contributed by atoms with Crippen LogP contribution < -0.4 is 5.32 Å². The van der Waals surface area contributed by atoms with Gasteiger partial charge in [0.15, 0.2) is 0 Å². The number of benzene rings is 1. The molecule has 3 heterocycles. The molecule has 0 radical (unpaired) electrons. The molecule has 1 aliphatic rings. The molecule has 28 heavy (non-hydrogen) atoms. The smallest absolute Gasteiger partial charge is 0.226 e. The number of fused-ring (bicyclic) bond motifs is 1. The molecule has 5 nitrogen and oxygen atoms in total. The number of rotatable bonds is 4. The van der Waals surface area contributed by atoms with E-state index in [-0.39, 0.29) is 5.28 Å². The van der Waals surface area contributed by atoms with Gasteiger partial charge in [-0.2, -0.15) is 4.98 Å². The van der Waals surface area contributed by atoms with E-state index in [1.807, 2.05) is 13.2 Å². The Bertz CT molecular complexity index is 1120. The van der Waals surface area contributed by atoms with Gasteiger partial charge in [0.2, 0.25) is 5.28 Å². The first-order valence-corrected chi connectivity index (χ1v) is 10.7. The van der Waals surface area contributed by atoms with Crippen molar-refractivity contribution in [1.82, 2.24) is 18.9 Å². The molecule has 3 aromatic heterocycles. The largest absolute Gasteiger partial charge is 0.372 e. The Morgan fingerprint density at radius 3 is 2.93 bits per heavy atom. The van der Waals surface area contributed by atoms with E-state index in [0.29, 0.717) is 12.0 Å². The van der Waals surface area contributed by atoms with E-state index < -0.39 is 0 Å². The third kappa shape index (κ3) is 3.06. The third-order valence-electron chi connectivity index (χ3n) is 5.70. The molecule has 7 heteroatoms. The van der Waals surface area contributed by atoms with E-state index in [4.69, 9.17) is 11.6 Å². The minimum atomic E-state index is 0.281. The van der Waals surface area contributed by atoms with Crippen LogP contribution in [0.4, 0.5) is 5.82 Å². The van der Waals surface area contributed by atoms with E-state index in [9.17, 15) is 0 Å². The van der Waals surface area contributed by atoms with Crippen LogP contribution in [0.3, 0.4) is 0 Å². The monoisotopic (exact) mass is 409 g/mol. The molecule has 1 saturated carbocycles. The van der Waals surface area contributed by atoms with Gasteiger partial charge in [0.1, 0.15) is 11.5 Å². The van der Waals surface area contributed by atoms with Gasteiger partial charge in [-0.25, -0.2) is 9.36 Å². The highest BCUT2D eigenvalue weighted by atomic mass is 35.5. The second kappa shape index (κ2) is 7.18. The first-order valence-electron chi connectivity index (χ1n) is 9.44. The van der Waals surface area contributed by atoms with Gasteiger partial charge in [0.05, 0.1) is 5.39 Å². The first-order chi connectivity index (χ1) is 13.7. The Labute approximate surface area is 172 Å². The summed E-state index contributed by atoms with van der Waals surface area (Å²) in [6.07, 6.45) is 7.47. The van der Waals surface area contributed by atoms with E-state index in [1.165, 1.54) is 34.6 Å². The maximum Gasteiger partial charge on any atom is 0.226 e. The van der Waals surface area contributed by atoms with Crippen molar-refractivity contribution in [3.05, 3.63) is 59.0 Å². The number of nitrogens with zero attached hydrogens (tertiary/aromatic N) is 4. The predicted molar refractivity (Wildman–Crippen MR) is 115 cm³/mol. The molecule has 1 aliphatic carbocycles. The molecule has 1 N–H and O–H groups in total. The number of hydrogen-bond donors (Lipinski definition) is 1. The van der Waals surface area contributed by atoms with Crippen LogP contribution in [0.15, 0.2) is 48.1 Å². The minimum Gasteiger partial charge on any atom is -0.372 e. The molecular formula is C21H20ClN5S. The summed E-state index contributed by atoms with van der Waals surface area (Å²) >= 11 is 7.64. The Morgan fingerprint density at radius 1 is 1.18 bits per heavy atom. The molecule has 1 fully saturated rings. The zero-order valence-electron chi connectivity index (χ0n) is 15.5. The molecule has 0 saturated heterocycles. The fourth-order valence-corrected chi connectivity index (χ4v) is 5.03.